The predicted molar refractivity (Wildman–Crippen MR) is 110 cm³/mol. The van der Waals surface area contributed by atoms with Crippen LogP contribution in [0.2, 0.25) is 0 Å². The Balaban J connectivity index is 1.88. The van der Waals surface area contributed by atoms with E-state index in [1.165, 1.54) is 19.1 Å². The fourth-order valence-electron chi connectivity index (χ4n) is 3.62. The number of benzene rings is 2. The van der Waals surface area contributed by atoms with Crippen molar-refractivity contribution in [3.05, 3.63) is 59.9 Å². The number of amides is 1. The summed E-state index contributed by atoms with van der Waals surface area (Å²) < 4.78 is 45.0. The van der Waals surface area contributed by atoms with E-state index in [1.54, 1.807) is 0 Å². The number of halogens is 1. The lowest BCUT2D eigenvalue weighted by atomic mass is 9.89. The summed E-state index contributed by atoms with van der Waals surface area (Å²) in [6.07, 6.45) is 1.56. The van der Waals surface area contributed by atoms with Gasteiger partial charge in [-0.2, -0.15) is 0 Å². The van der Waals surface area contributed by atoms with Gasteiger partial charge in [0.25, 0.3) is 0 Å². The first-order chi connectivity index (χ1) is 13.5. The summed E-state index contributed by atoms with van der Waals surface area (Å²) in [6, 6.07) is 11.1. The van der Waals surface area contributed by atoms with Crippen LogP contribution in [0.3, 0.4) is 0 Å². The molecule has 0 unspecified atom stereocenters. The van der Waals surface area contributed by atoms with Gasteiger partial charge in [0.1, 0.15) is 23.2 Å². The number of hydrogen-bond acceptors (Lipinski definition) is 4. The third kappa shape index (κ3) is 4.70. The maximum Gasteiger partial charge on any atom is 0.244 e. The summed E-state index contributed by atoms with van der Waals surface area (Å²) in [5.74, 6) is -0.238. The largest absolute Gasteiger partial charge is 0.487 e. The lowest BCUT2D eigenvalue weighted by Crippen LogP contribution is -2.50. The molecule has 0 fully saturated rings. The molecule has 2 aromatic carbocycles. The maximum atomic E-state index is 13.3. The lowest BCUT2D eigenvalue weighted by Gasteiger charge is -2.38. The predicted octanol–water partition coefficient (Wildman–Crippen LogP) is 3.40. The van der Waals surface area contributed by atoms with E-state index in [9.17, 15) is 17.6 Å². The molecule has 0 aromatic heterocycles. The Morgan fingerprint density at radius 3 is 2.45 bits per heavy atom. The van der Waals surface area contributed by atoms with E-state index in [1.807, 2.05) is 38.1 Å². The van der Waals surface area contributed by atoms with Gasteiger partial charge in [0.05, 0.1) is 18.0 Å². The van der Waals surface area contributed by atoms with Gasteiger partial charge in [-0.05, 0) is 51.1 Å². The number of rotatable bonds is 5. The number of fused-ring (bicyclic) bond motifs is 1. The van der Waals surface area contributed by atoms with Gasteiger partial charge in [-0.25, -0.2) is 12.8 Å². The normalized spacial score (nSPS) is 18.9. The van der Waals surface area contributed by atoms with Crippen LogP contribution in [-0.4, -0.2) is 32.2 Å². The van der Waals surface area contributed by atoms with Crippen LogP contribution in [0.25, 0.3) is 0 Å². The average molecular weight is 421 g/mol. The summed E-state index contributed by atoms with van der Waals surface area (Å²) in [5, 5.41) is 2.97. The zero-order valence-electron chi connectivity index (χ0n) is 16.8. The summed E-state index contributed by atoms with van der Waals surface area (Å²) >= 11 is 0. The van der Waals surface area contributed by atoms with Gasteiger partial charge in [-0.15, -0.1) is 0 Å². The first kappa shape index (κ1) is 21.1. The van der Waals surface area contributed by atoms with E-state index < -0.39 is 33.4 Å². The van der Waals surface area contributed by atoms with Crippen molar-refractivity contribution >= 4 is 21.6 Å². The number of carbonyl (C=O) groups excluding carboxylic acids is 1. The SMILES string of the molecule is C[C@@H](C(=O)N[C@H]1CC(C)(C)Oc2ccccc21)N(c1ccc(F)cc1)S(C)(=O)=O. The van der Waals surface area contributed by atoms with Crippen molar-refractivity contribution in [2.45, 2.75) is 44.9 Å². The van der Waals surface area contributed by atoms with Crippen LogP contribution in [0.5, 0.6) is 5.75 Å². The van der Waals surface area contributed by atoms with Crippen molar-refractivity contribution in [2.24, 2.45) is 0 Å². The molecule has 2 aromatic rings. The third-order valence-electron chi connectivity index (χ3n) is 4.86. The van der Waals surface area contributed by atoms with Gasteiger partial charge >= 0.3 is 0 Å². The van der Waals surface area contributed by atoms with Crippen molar-refractivity contribution in [1.82, 2.24) is 5.32 Å². The van der Waals surface area contributed by atoms with Gasteiger partial charge in [0.2, 0.25) is 15.9 Å². The number of nitrogens with one attached hydrogen (secondary N) is 1. The molecule has 0 radical (unpaired) electrons. The van der Waals surface area contributed by atoms with E-state index in [-0.39, 0.29) is 11.7 Å². The molecule has 1 aliphatic heterocycles. The van der Waals surface area contributed by atoms with Gasteiger partial charge in [0, 0.05) is 12.0 Å². The summed E-state index contributed by atoms with van der Waals surface area (Å²) in [6.45, 7) is 5.38. The quantitative estimate of drug-likeness (QED) is 0.805. The molecule has 1 N–H and O–H groups in total. The number of sulfonamides is 1. The van der Waals surface area contributed by atoms with E-state index in [0.717, 1.165) is 28.3 Å². The second kappa shape index (κ2) is 7.67. The number of carbonyl (C=O) groups is 1. The van der Waals surface area contributed by atoms with Crippen LogP contribution in [0.1, 0.15) is 38.8 Å². The van der Waals surface area contributed by atoms with E-state index in [2.05, 4.69) is 5.32 Å². The van der Waals surface area contributed by atoms with Crippen LogP contribution in [0.15, 0.2) is 48.5 Å². The third-order valence-corrected chi connectivity index (χ3v) is 6.10. The molecule has 1 amide bonds. The molecule has 156 valence electrons. The van der Waals surface area contributed by atoms with Crippen LogP contribution in [-0.2, 0) is 14.8 Å². The Kier molecular flexibility index (Phi) is 5.58. The molecule has 0 spiro atoms. The van der Waals surface area contributed by atoms with Crippen molar-refractivity contribution in [3.8, 4) is 5.75 Å². The van der Waals surface area contributed by atoms with Gasteiger partial charge in [-0.3, -0.25) is 9.10 Å². The molecular formula is C21H25FN2O4S. The smallest absolute Gasteiger partial charge is 0.244 e. The zero-order valence-corrected chi connectivity index (χ0v) is 17.7. The van der Waals surface area contributed by atoms with Crippen LogP contribution < -0.4 is 14.4 Å². The molecule has 0 aliphatic carbocycles. The van der Waals surface area contributed by atoms with E-state index >= 15 is 0 Å². The monoisotopic (exact) mass is 420 g/mol. The average Bonchev–Trinajstić information content (AvgIpc) is 2.61. The fraction of sp³-hybridized carbons (Fsp3) is 0.381. The van der Waals surface area contributed by atoms with Crippen LogP contribution in [0.4, 0.5) is 10.1 Å². The van der Waals surface area contributed by atoms with Crippen molar-refractivity contribution < 1.29 is 22.3 Å². The van der Waals surface area contributed by atoms with Gasteiger partial charge in [0.15, 0.2) is 0 Å². The Labute approximate surface area is 170 Å². The minimum atomic E-state index is -3.77. The van der Waals surface area contributed by atoms with Gasteiger partial charge in [-0.1, -0.05) is 18.2 Å². The summed E-state index contributed by atoms with van der Waals surface area (Å²) in [5.41, 5.74) is 0.590. The summed E-state index contributed by atoms with van der Waals surface area (Å²) in [4.78, 5) is 13.0. The Morgan fingerprint density at radius 2 is 1.83 bits per heavy atom. The molecule has 1 heterocycles. The topological polar surface area (TPSA) is 75.7 Å². The van der Waals surface area contributed by atoms with Crippen LogP contribution in [0, 0.1) is 5.82 Å². The second-order valence-corrected chi connectivity index (χ2v) is 9.74. The first-order valence-electron chi connectivity index (χ1n) is 9.31. The molecule has 1 aliphatic rings. The minimum absolute atomic E-state index is 0.226. The van der Waals surface area contributed by atoms with E-state index in [4.69, 9.17) is 4.74 Å². The molecular weight excluding hydrogens is 395 g/mol. The van der Waals surface area contributed by atoms with Crippen molar-refractivity contribution in [1.29, 1.82) is 0 Å². The zero-order chi connectivity index (χ0) is 21.4. The molecule has 0 saturated heterocycles. The lowest BCUT2D eigenvalue weighted by molar-refractivity contribution is -0.123. The molecule has 6 nitrogen and oxygen atoms in total. The van der Waals surface area contributed by atoms with Crippen LogP contribution >= 0.6 is 0 Å². The maximum absolute atomic E-state index is 13.3. The van der Waals surface area contributed by atoms with Gasteiger partial charge < -0.3 is 10.1 Å². The summed E-state index contributed by atoms with van der Waals surface area (Å²) in [7, 11) is -3.77. The van der Waals surface area contributed by atoms with Crippen molar-refractivity contribution in [3.63, 3.8) is 0 Å². The number of para-hydroxylation sites is 1. The number of ether oxygens (including phenoxy) is 1. The number of nitrogens with zero attached hydrogens (tertiary/aromatic N) is 1. The Morgan fingerprint density at radius 1 is 1.21 bits per heavy atom. The highest BCUT2D eigenvalue weighted by Crippen LogP contribution is 2.39. The second-order valence-electron chi connectivity index (χ2n) is 7.88. The first-order valence-corrected chi connectivity index (χ1v) is 11.2. The number of hydrogen-bond donors (Lipinski definition) is 1. The molecule has 2 atom stereocenters. The Bertz CT molecular complexity index is 1010. The fourth-order valence-corrected chi connectivity index (χ4v) is 4.79. The highest BCUT2D eigenvalue weighted by atomic mass is 32.2. The van der Waals surface area contributed by atoms with E-state index in [0.29, 0.717) is 12.2 Å². The molecule has 0 bridgehead atoms. The molecule has 3 rings (SSSR count). The highest BCUT2D eigenvalue weighted by molar-refractivity contribution is 7.92. The molecule has 0 saturated carbocycles. The van der Waals surface area contributed by atoms with Crippen molar-refractivity contribution in [2.75, 3.05) is 10.6 Å². The standard InChI is InChI=1S/C21H25FN2O4S/c1-14(24(29(4,26)27)16-11-9-15(22)10-12-16)20(25)23-18-13-21(2,3)28-19-8-6-5-7-17(18)19/h5-12,14,18H,13H2,1-4H3,(H,23,25)/t14-,18-/m0/s1. The number of anilines is 1. The minimum Gasteiger partial charge on any atom is -0.487 e. The highest BCUT2D eigenvalue weighted by Gasteiger charge is 2.36. The Hall–Kier alpha value is -2.61. The molecule has 8 heteroatoms. The molecule has 29 heavy (non-hydrogen) atoms.